The SMILES string of the molecule is CC(C)Sc1cccc(C(=O)Nc2ccccc2Oc2ccccc2)c1. The highest BCUT2D eigenvalue weighted by Gasteiger charge is 2.11. The van der Waals surface area contributed by atoms with Crippen molar-refractivity contribution < 1.29 is 9.53 Å². The normalized spacial score (nSPS) is 10.6. The quantitative estimate of drug-likeness (QED) is 0.527. The first-order valence-electron chi connectivity index (χ1n) is 8.52. The molecule has 3 aromatic carbocycles. The molecule has 0 radical (unpaired) electrons. The number of ether oxygens (including phenoxy) is 1. The molecule has 3 aromatic rings. The van der Waals surface area contributed by atoms with Crippen LogP contribution in [0.1, 0.15) is 24.2 Å². The maximum atomic E-state index is 12.7. The molecular weight excluding hydrogens is 342 g/mol. The second kappa shape index (κ2) is 8.59. The third-order valence-electron chi connectivity index (χ3n) is 3.57. The summed E-state index contributed by atoms with van der Waals surface area (Å²) in [5, 5.41) is 3.42. The molecule has 0 bridgehead atoms. The number of thioether (sulfide) groups is 1. The Bertz CT molecular complexity index is 878. The summed E-state index contributed by atoms with van der Waals surface area (Å²) in [4.78, 5) is 13.8. The Kier molecular flexibility index (Phi) is 5.97. The molecule has 0 atom stereocenters. The molecule has 1 amide bonds. The third-order valence-corrected chi connectivity index (χ3v) is 4.57. The van der Waals surface area contributed by atoms with Crippen LogP contribution in [0.5, 0.6) is 11.5 Å². The van der Waals surface area contributed by atoms with Gasteiger partial charge in [-0.25, -0.2) is 0 Å². The minimum Gasteiger partial charge on any atom is -0.455 e. The first kappa shape index (κ1) is 18.1. The molecule has 0 aromatic heterocycles. The standard InChI is InChI=1S/C22H21NO2S/c1-16(2)26-19-12-8-9-17(15-19)22(24)23-20-13-6-7-14-21(20)25-18-10-4-3-5-11-18/h3-16H,1-2H3,(H,23,24). The molecule has 0 aliphatic rings. The maximum absolute atomic E-state index is 12.7. The number of amides is 1. The van der Waals surface area contributed by atoms with E-state index in [1.165, 1.54) is 0 Å². The van der Waals surface area contributed by atoms with Crippen molar-refractivity contribution in [2.24, 2.45) is 0 Å². The number of benzene rings is 3. The average Bonchev–Trinajstić information content (AvgIpc) is 2.64. The minimum absolute atomic E-state index is 0.152. The van der Waals surface area contributed by atoms with Crippen LogP contribution in [-0.4, -0.2) is 11.2 Å². The Labute approximate surface area is 158 Å². The Morgan fingerprint density at radius 1 is 0.923 bits per heavy atom. The van der Waals surface area contributed by atoms with Crippen molar-refractivity contribution in [3.8, 4) is 11.5 Å². The zero-order valence-electron chi connectivity index (χ0n) is 14.8. The van der Waals surface area contributed by atoms with Gasteiger partial charge in [0, 0.05) is 15.7 Å². The van der Waals surface area contributed by atoms with E-state index in [1.54, 1.807) is 11.8 Å². The van der Waals surface area contributed by atoms with Crippen LogP contribution >= 0.6 is 11.8 Å². The topological polar surface area (TPSA) is 38.3 Å². The molecule has 3 rings (SSSR count). The predicted molar refractivity (Wildman–Crippen MR) is 108 cm³/mol. The summed E-state index contributed by atoms with van der Waals surface area (Å²) in [5.74, 6) is 1.18. The molecule has 1 N–H and O–H groups in total. The molecule has 0 spiro atoms. The van der Waals surface area contributed by atoms with E-state index >= 15 is 0 Å². The van der Waals surface area contributed by atoms with Gasteiger partial charge >= 0.3 is 0 Å². The molecule has 0 heterocycles. The third kappa shape index (κ3) is 4.90. The van der Waals surface area contributed by atoms with E-state index in [4.69, 9.17) is 4.74 Å². The van der Waals surface area contributed by atoms with Gasteiger partial charge < -0.3 is 10.1 Å². The summed E-state index contributed by atoms with van der Waals surface area (Å²) >= 11 is 1.74. The lowest BCUT2D eigenvalue weighted by molar-refractivity contribution is 0.102. The van der Waals surface area contributed by atoms with E-state index in [0.29, 0.717) is 22.3 Å². The zero-order valence-corrected chi connectivity index (χ0v) is 15.6. The zero-order chi connectivity index (χ0) is 18.4. The molecule has 4 heteroatoms. The van der Waals surface area contributed by atoms with Gasteiger partial charge in [-0.15, -0.1) is 11.8 Å². The lowest BCUT2D eigenvalue weighted by atomic mass is 10.2. The van der Waals surface area contributed by atoms with Crippen LogP contribution in [0, 0.1) is 0 Å². The summed E-state index contributed by atoms with van der Waals surface area (Å²) in [6.07, 6.45) is 0. The predicted octanol–water partition coefficient (Wildman–Crippen LogP) is 6.23. The fourth-order valence-electron chi connectivity index (χ4n) is 2.45. The molecule has 26 heavy (non-hydrogen) atoms. The Morgan fingerprint density at radius 3 is 2.42 bits per heavy atom. The highest BCUT2D eigenvalue weighted by Crippen LogP contribution is 2.30. The van der Waals surface area contributed by atoms with Gasteiger partial charge in [-0.05, 0) is 42.5 Å². The van der Waals surface area contributed by atoms with Crippen molar-refractivity contribution in [2.45, 2.75) is 24.0 Å². The van der Waals surface area contributed by atoms with E-state index in [1.807, 2.05) is 78.9 Å². The van der Waals surface area contributed by atoms with Crippen LogP contribution < -0.4 is 10.1 Å². The van der Waals surface area contributed by atoms with Gasteiger partial charge in [0.25, 0.3) is 5.91 Å². The molecular formula is C22H21NO2S. The van der Waals surface area contributed by atoms with E-state index < -0.39 is 0 Å². The number of rotatable bonds is 6. The van der Waals surface area contributed by atoms with Crippen molar-refractivity contribution in [2.75, 3.05) is 5.32 Å². The summed E-state index contributed by atoms with van der Waals surface area (Å²) in [5.41, 5.74) is 1.27. The number of carbonyl (C=O) groups excluding carboxylic acids is 1. The van der Waals surface area contributed by atoms with Gasteiger partial charge in [-0.1, -0.05) is 50.2 Å². The number of nitrogens with one attached hydrogen (secondary N) is 1. The van der Waals surface area contributed by atoms with Crippen LogP contribution in [0.4, 0.5) is 5.69 Å². The van der Waals surface area contributed by atoms with Crippen LogP contribution in [0.25, 0.3) is 0 Å². The molecule has 0 aliphatic heterocycles. The summed E-state index contributed by atoms with van der Waals surface area (Å²) < 4.78 is 5.90. The van der Waals surface area contributed by atoms with Gasteiger partial charge in [-0.3, -0.25) is 4.79 Å². The summed E-state index contributed by atoms with van der Waals surface area (Å²) in [6, 6.07) is 24.6. The number of hydrogen-bond acceptors (Lipinski definition) is 3. The van der Waals surface area contributed by atoms with Crippen LogP contribution in [-0.2, 0) is 0 Å². The number of carbonyl (C=O) groups is 1. The van der Waals surface area contributed by atoms with Crippen molar-refractivity contribution in [3.63, 3.8) is 0 Å². The van der Waals surface area contributed by atoms with Crippen molar-refractivity contribution in [1.82, 2.24) is 0 Å². The molecule has 0 saturated carbocycles. The van der Waals surface area contributed by atoms with E-state index in [-0.39, 0.29) is 5.91 Å². The van der Waals surface area contributed by atoms with Gasteiger partial charge in [0.2, 0.25) is 0 Å². The average molecular weight is 363 g/mol. The van der Waals surface area contributed by atoms with Gasteiger partial charge in [0.15, 0.2) is 5.75 Å². The lowest BCUT2D eigenvalue weighted by Gasteiger charge is -2.13. The van der Waals surface area contributed by atoms with Gasteiger partial charge in [-0.2, -0.15) is 0 Å². The monoisotopic (exact) mass is 363 g/mol. The molecule has 0 saturated heterocycles. The highest BCUT2D eigenvalue weighted by molar-refractivity contribution is 7.99. The molecule has 0 fully saturated rings. The summed E-state index contributed by atoms with van der Waals surface area (Å²) in [7, 11) is 0. The fourth-order valence-corrected chi connectivity index (χ4v) is 3.35. The highest BCUT2D eigenvalue weighted by atomic mass is 32.2. The van der Waals surface area contributed by atoms with Gasteiger partial charge in [0.1, 0.15) is 5.75 Å². The van der Waals surface area contributed by atoms with E-state index in [9.17, 15) is 4.79 Å². The van der Waals surface area contributed by atoms with Crippen LogP contribution in [0.2, 0.25) is 0 Å². The van der Waals surface area contributed by atoms with Crippen molar-refractivity contribution in [3.05, 3.63) is 84.4 Å². The van der Waals surface area contributed by atoms with Crippen molar-refractivity contribution >= 4 is 23.4 Å². The number of hydrogen-bond donors (Lipinski definition) is 1. The number of anilines is 1. The fraction of sp³-hybridized carbons (Fsp3) is 0.136. The van der Waals surface area contributed by atoms with Gasteiger partial charge in [0.05, 0.1) is 5.69 Å². The molecule has 3 nitrogen and oxygen atoms in total. The smallest absolute Gasteiger partial charge is 0.255 e. The molecule has 132 valence electrons. The largest absolute Gasteiger partial charge is 0.455 e. The first-order valence-corrected chi connectivity index (χ1v) is 9.40. The molecule has 0 aliphatic carbocycles. The van der Waals surface area contributed by atoms with E-state index in [0.717, 1.165) is 10.6 Å². The van der Waals surface area contributed by atoms with E-state index in [2.05, 4.69) is 19.2 Å². The van der Waals surface area contributed by atoms with Crippen LogP contribution in [0.3, 0.4) is 0 Å². The Hall–Kier alpha value is -2.72. The summed E-state index contributed by atoms with van der Waals surface area (Å²) in [6.45, 7) is 4.27. The molecule has 0 unspecified atom stereocenters. The Morgan fingerprint density at radius 2 is 1.65 bits per heavy atom. The maximum Gasteiger partial charge on any atom is 0.255 e. The lowest BCUT2D eigenvalue weighted by Crippen LogP contribution is -2.12. The minimum atomic E-state index is -0.152. The van der Waals surface area contributed by atoms with Crippen molar-refractivity contribution in [1.29, 1.82) is 0 Å². The second-order valence-corrected chi connectivity index (χ2v) is 7.71. The van der Waals surface area contributed by atoms with Crippen LogP contribution in [0.15, 0.2) is 83.8 Å². The number of para-hydroxylation sites is 3. The second-order valence-electron chi connectivity index (χ2n) is 6.06. The Balaban J connectivity index is 1.78. The first-order chi connectivity index (χ1) is 12.6.